The molecular formula is C12H13BrO2. The molecule has 0 aliphatic rings. The topological polar surface area (TPSA) is 37.3 Å². The smallest absolute Gasteiger partial charge is 0.159 e. The van der Waals surface area contributed by atoms with Crippen LogP contribution in [0, 0.1) is 6.92 Å². The maximum Gasteiger partial charge on any atom is 0.159 e. The molecule has 1 atom stereocenters. The van der Waals surface area contributed by atoms with Crippen LogP contribution in [0.3, 0.4) is 0 Å². The van der Waals surface area contributed by atoms with Crippen molar-refractivity contribution in [1.29, 1.82) is 0 Å². The van der Waals surface area contributed by atoms with Gasteiger partial charge in [-0.15, -0.1) is 0 Å². The fraction of sp³-hybridized carbons (Fsp3) is 0.250. The lowest BCUT2D eigenvalue weighted by Gasteiger charge is -2.12. The molecule has 0 aromatic heterocycles. The highest BCUT2D eigenvalue weighted by Gasteiger charge is 2.16. The van der Waals surface area contributed by atoms with Crippen molar-refractivity contribution in [3.63, 3.8) is 0 Å². The number of benzene rings is 1. The summed E-state index contributed by atoms with van der Waals surface area (Å²) in [6.07, 6.45) is -0.859. The molecule has 1 aromatic carbocycles. The summed E-state index contributed by atoms with van der Waals surface area (Å²) in [5, 5.41) is 9.92. The maximum atomic E-state index is 11.2. The highest BCUT2D eigenvalue weighted by molar-refractivity contribution is 9.11. The van der Waals surface area contributed by atoms with Gasteiger partial charge in [-0.2, -0.15) is 0 Å². The van der Waals surface area contributed by atoms with Gasteiger partial charge in [-0.05, 0) is 24.4 Å². The first-order valence-electron chi connectivity index (χ1n) is 4.62. The number of ketones is 1. The third-order valence-corrected chi connectivity index (χ3v) is 2.71. The van der Waals surface area contributed by atoms with Crippen LogP contribution in [0.15, 0.2) is 34.8 Å². The summed E-state index contributed by atoms with van der Waals surface area (Å²) in [7, 11) is 0. The monoisotopic (exact) mass is 268 g/mol. The second-order valence-electron chi connectivity index (χ2n) is 3.43. The summed E-state index contributed by atoms with van der Waals surface area (Å²) < 4.78 is 0. The summed E-state index contributed by atoms with van der Waals surface area (Å²) in [4.78, 5) is 12.7. The van der Waals surface area contributed by atoms with Crippen molar-refractivity contribution >= 4 is 21.7 Å². The van der Waals surface area contributed by atoms with Crippen LogP contribution < -0.4 is 0 Å². The molecule has 0 amide bonds. The molecule has 0 bridgehead atoms. The van der Waals surface area contributed by atoms with Gasteiger partial charge in [-0.3, -0.25) is 4.79 Å². The molecule has 1 N–H and O–H groups in total. The van der Waals surface area contributed by atoms with Crippen LogP contribution in [-0.2, 0) is 4.79 Å². The highest BCUT2D eigenvalue weighted by Crippen LogP contribution is 2.23. The predicted octanol–water partition coefficient (Wildman–Crippen LogP) is 2.90. The first-order valence-corrected chi connectivity index (χ1v) is 5.53. The second-order valence-corrected chi connectivity index (χ2v) is 3.89. The van der Waals surface area contributed by atoms with Gasteiger partial charge in [0, 0.05) is 5.57 Å². The molecule has 0 spiro atoms. The lowest BCUT2D eigenvalue weighted by molar-refractivity contribution is -0.114. The molecule has 1 rings (SSSR count). The molecule has 15 heavy (non-hydrogen) atoms. The second kappa shape index (κ2) is 5.24. The quantitative estimate of drug-likeness (QED) is 0.857. The summed E-state index contributed by atoms with van der Waals surface area (Å²) >= 11 is 3.09. The van der Waals surface area contributed by atoms with E-state index in [9.17, 15) is 9.90 Å². The Bertz CT molecular complexity index is 379. The highest BCUT2D eigenvalue weighted by atomic mass is 79.9. The van der Waals surface area contributed by atoms with Gasteiger partial charge in [0.15, 0.2) is 5.78 Å². The zero-order chi connectivity index (χ0) is 11.4. The predicted molar refractivity (Wildman–Crippen MR) is 63.8 cm³/mol. The van der Waals surface area contributed by atoms with E-state index in [0.717, 1.165) is 11.1 Å². The van der Waals surface area contributed by atoms with Crippen molar-refractivity contribution < 1.29 is 9.90 Å². The number of halogens is 1. The standard InChI is InChI=1S/C12H13BrO2/c1-8-3-5-10(6-4-8)12(15)11(7-13)9(2)14/h3-7,12,15H,1-2H3/b11-7+. The normalized spacial score (nSPS) is 13.7. The number of hydrogen-bond donors (Lipinski definition) is 1. The summed E-state index contributed by atoms with van der Waals surface area (Å²) in [5.41, 5.74) is 2.21. The molecule has 0 radical (unpaired) electrons. The molecule has 0 heterocycles. The third-order valence-electron chi connectivity index (χ3n) is 2.21. The SMILES string of the molecule is CC(=O)/C(=C\Br)C(O)c1ccc(C)cc1. The Morgan fingerprint density at radius 3 is 2.33 bits per heavy atom. The Hall–Kier alpha value is -0.930. The van der Waals surface area contributed by atoms with Gasteiger partial charge in [-0.25, -0.2) is 0 Å². The zero-order valence-electron chi connectivity index (χ0n) is 8.70. The number of carbonyl (C=O) groups is 1. The minimum absolute atomic E-state index is 0.139. The van der Waals surface area contributed by atoms with Crippen molar-refractivity contribution in [2.75, 3.05) is 0 Å². The molecular weight excluding hydrogens is 256 g/mol. The van der Waals surface area contributed by atoms with E-state index in [-0.39, 0.29) is 5.78 Å². The van der Waals surface area contributed by atoms with E-state index < -0.39 is 6.10 Å². The van der Waals surface area contributed by atoms with Crippen molar-refractivity contribution in [2.45, 2.75) is 20.0 Å². The molecule has 3 heteroatoms. The Kier molecular flexibility index (Phi) is 4.24. The van der Waals surface area contributed by atoms with E-state index in [2.05, 4.69) is 15.9 Å². The summed E-state index contributed by atoms with van der Waals surface area (Å²) in [5.74, 6) is -0.139. The van der Waals surface area contributed by atoms with Crippen LogP contribution in [0.25, 0.3) is 0 Å². The van der Waals surface area contributed by atoms with Gasteiger partial charge in [0.1, 0.15) is 6.10 Å². The van der Waals surface area contributed by atoms with Crippen LogP contribution >= 0.6 is 15.9 Å². The summed E-state index contributed by atoms with van der Waals surface area (Å²) in [6, 6.07) is 7.45. The summed E-state index contributed by atoms with van der Waals surface area (Å²) in [6.45, 7) is 3.41. The van der Waals surface area contributed by atoms with Crippen molar-refractivity contribution in [1.82, 2.24) is 0 Å². The minimum atomic E-state index is -0.859. The van der Waals surface area contributed by atoms with Crippen LogP contribution in [0.5, 0.6) is 0 Å². The van der Waals surface area contributed by atoms with Gasteiger partial charge in [0.2, 0.25) is 0 Å². The fourth-order valence-corrected chi connectivity index (χ4v) is 1.83. The van der Waals surface area contributed by atoms with Crippen molar-refractivity contribution in [3.05, 3.63) is 46.0 Å². The molecule has 0 aliphatic carbocycles. The van der Waals surface area contributed by atoms with Crippen LogP contribution in [0.2, 0.25) is 0 Å². The minimum Gasteiger partial charge on any atom is -0.384 e. The van der Waals surface area contributed by atoms with Gasteiger partial charge in [0.25, 0.3) is 0 Å². The first kappa shape index (κ1) is 12.1. The van der Waals surface area contributed by atoms with E-state index in [4.69, 9.17) is 0 Å². The van der Waals surface area contributed by atoms with Crippen molar-refractivity contribution in [3.8, 4) is 0 Å². The number of aryl methyl sites for hydroxylation is 1. The van der Waals surface area contributed by atoms with E-state index in [0.29, 0.717) is 5.57 Å². The van der Waals surface area contributed by atoms with Crippen LogP contribution in [-0.4, -0.2) is 10.9 Å². The number of carbonyl (C=O) groups excluding carboxylic acids is 1. The maximum absolute atomic E-state index is 11.2. The lowest BCUT2D eigenvalue weighted by Crippen LogP contribution is -2.08. The van der Waals surface area contributed by atoms with E-state index in [1.54, 1.807) is 0 Å². The average Bonchev–Trinajstić information content (AvgIpc) is 2.19. The fourth-order valence-electron chi connectivity index (χ4n) is 1.26. The Labute approximate surface area is 97.8 Å². The number of hydrogen-bond acceptors (Lipinski definition) is 2. The molecule has 2 nitrogen and oxygen atoms in total. The van der Waals surface area contributed by atoms with Gasteiger partial charge >= 0.3 is 0 Å². The number of aliphatic hydroxyl groups excluding tert-OH is 1. The first-order chi connectivity index (χ1) is 7.06. The van der Waals surface area contributed by atoms with E-state index in [1.807, 2.05) is 31.2 Å². The van der Waals surface area contributed by atoms with Gasteiger partial charge < -0.3 is 5.11 Å². The van der Waals surface area contributed by atoms with E-state index in [1.165, 1.54) is 11.9 Å². The molecule has 1 aromatic rings. The molecule has 0 aliphatic heterocycles. The number of rotatable bonds is 3. The number of Topliss-reactive ketones (excluding diaryl/α,β-unsaturated/α-hetero) is 1. The Morgan fingerprint density at radius 1 is 1.40 bits per heavy atom. The number of aliphatic hydroxyl groups is 1. The largest absolute Gasteiger partial charge is 0.384 e. The average molecular weight is 269 g/mol. The molecule has 0 saturated carbocycles. The van der Waals surface area contributed by atoms with Crippen LogP contribution in [0.1, 0.15) is 24.2 Å². The Morgan fingerprint density at radius 2 is 1.93 bits per heavy atom. The van der Waals surface area contributed by atoms with Gasteiger partial charge in [-0.1, -0.05) is 45.8 Å². The molecule has 0 saturated heterocycles. The zero-order valence-corrected chi connectivity index (χ0v) is 10.3. The molecule has 1 unspecified atom stereocenters. The molecule has 80 valence electrons. The third kappa shape index (κ3) is 3.01. The molecule has 0 fully saturated rings. The Balaban J connectivity index is 2.98. The van der Waals surface area contributed by atoms with Crippen molar-refractivity contribution in [2.24, 2.45) is 0 Å². The lowest BCUT2D eigenvalue weighted by atomic mass is 9.99. The van der Waals surface area contributed by atoms with E-state index >= 15 is 0 Å². The van der Waals surface area contributed by atoms with Gasteiger partial charge in [0.05, 0.1) is 0 Å². The van der Waals surface area contributed by atoms with Crippen LogP contribution in [0.4, 0.5) is 0 Å².